The molecule has 0 unspecified atom stereocenters. The minimum absolute atomic E-state index is 0.0687. The summed E-state index contributed by atoms with van der Waals surface area (Å²) in [5, 5.41) is 8.25. The van der Waals surface area contributed by atoms with Crippen molar-refractivity contribution in [1.29, 1.82) is 0 Å². The monoisotopic (exact) mass is 408 g/mol. The van der Waals surface area contributed by atoms with Gasteiger partial charge in [0.05, 0.1) is 17.4 Å². The van der Waals surface area contributed by atoms with E-state index in [-0.39, 0.29) is 16.9 Å². The highest BCUT2D eigenvalue weighted by Gasteiger charge is 2.25. The van der Waals surface area contributed by atoms with E-state index in [1.165, 1.54) is 36.4 Å². The van der Waals surface area contributed by atoms with Crippen molar-refractivity contribution in [1.82, 2.24) is 10.2 Å². The van der Waals surface area contributed by atoms with Crippen LogP contribution in [0.15, 0.2) is 53.7 Å². The summed E-state index contributed by atoms with van der Waals surface area (Å²) in [6.45, 7) is 1.71. The zero-order valence-corrected chi connectivity index (χ0v) is 15.5. The van der Waals surface area contributed by atoms with Crippen molar-refractivity contribution in [3.8, 4) is 0 Å². The van der Waals surface area contributed by atoms with E-state index in [4.69, 9.17) is 11.6 Å². The topological polar surface area (TPSA) is 104 Å². The number of aromatic amines is 1. The highest BCUT2D eigenvalue weighted by molar-refractivity contribution is 7.92. The van der Waals surface area contributed by atoms with Crippen LogP contribution in [0.3, 0.4) is 0 Å². The molecule has 3 aromatic rings. The Morgan fingerprint density at radius 1 is 1.19 bits per heavy atom. The first-order valence-electron chi connectivity index (χ1n) is 7.65. The molecule has 0 spiro atoms. The van der Waals surface area contributed by atoms with Crippen LogP contribution in [0.25, 0.3) is 0 Å². The fourth-order valence-corrected chi connectivity index (χ4v) is 3.56. The van der Waals surface area contributed by atoms with Gasteiger partial charge in [-0.15, -0.1) is 0 Å². The average molecular weight is 409 g/mol. The smallest absolute Gasteiger partial charge is 0.279 e. The number of nitrogens with zero attached hydrogens (tertiary/aromatic N) is 1. The summed E-state index contributed by atoms with van der Waals surface area (Å²) in [5.74, 6) is -1.45. The molecule has 1 aromatic heterocycles. The minimum Gasteiger partial charge on any atom is -0.319 e. The molecule has 0 aliphatic carbocycles. The average Bonchev–Trinajstić information content (AvgIpc) is 3.10. The first-order chi connectivity index (χ1) is 12.8. The zero-order valence-electron chi connectivity index (χ0n) is 14.0. The van der Waals surface area contributed by atoms with E-state index in [1.54, 1.807) is 13.0 Å². The molecule has 2 aromatic carbocycles. The molecule has 0 saturated heterocycles. The second-order valence-electron chi connectivity index (χ2n) is 5.66. The van der Waals surface area contributed by atoms with Gasteiger partial charge in [0.1, 0.15) is 5.82 Å². The van der Waals surface area contributed by atoms with Crippen LogP contribution in [-0.4, -0.2) is 24.5 Å². The lowest BCUT2D eigenvalue weighted by molar-refractivity contribution is 0.102. The van der Waals surface area contributed by atoms with E-state index in [0.29, 0.717) is 10.6 Å². The van der Waals surface area contributed by atoms with E-state index in [9.17, 15) is 17.6 Å². The van der Waals surface area contributed by atoms with Gasteiger partial charge in [-0.3, -0.25) is 14.6 Å². The molecular formula is C17H14ClFN4O3S. The summed E-state index contributed by atoms with van der Waals surface area (Å²) >= 11 is 5.77. The van der Waals surface area contributed by atoms with E-state index < -0.39 is 26.8 Å². The fraction of sp³-hybridized carbons (Fsp3) is 0.0588. The number of amides is 1. The Labute approximate surface area is 159 Å². The van der Waals surface area contributed by atoms with Crippen LogP contribution in [0.4, 0.5) is 15.8 Å². The third-order valence-electron chi connectivity index (χ3n) is 3.59. The Bertz CT molecular complexity index is 1100. The van der Waals surface area contributed by atoms with Gasteiger partial charge in [0.2, 0.25) is 0 Å². The maximum atomic E-state index is 13.9. The number of rotatable bonds is 5. The van der Waals surface area contributed by atoms with Crippen molar-refractivity contribution in [3.63, 3.8) is 0 Å². The van der Waals surface area contributed by atoms with Gasteiger partial charge >= 0.3 is 0 Å². The van der Waals surface area contributed by atoms with E-state index in [0.717, 1.165) is 6.20 Å². The number of halogens is 2. The molecule has 27 heavy (non-hydrogen) atoms. The van der Waals surface area contributed by atoms with Crippen LogP contribution in [0.2, 0.25) is 5.02 Å². The van der Waals surface area contributed by atoms with E-state index >= 15 is 0 Å². The number of hydrogen-bond donors (Lipinski definition) is 3. The van der Waals surface area contributed by atoms with Gasteiger partial charge in [-0.1, -0.05) is 17.7 Å². The SMILES string of the molecule is Cc1ccc(NC(=O)c2cn[nH]c2S(=O)(=O)Nc2ccc(Cl)cc2)c(F)c1. The van der Waals surface area contributed by atoms with Crippen molar-refractivity contribution in [3.05, 3.63) is 70.6 Å². The normalized spacial score (nSPS) is 11.2. The Balaban J connectivity index is 1.85. The quantitative estimate of drug-likeness (QED) is 0.600. The molecule has 0 saturated carbocycles. The predicted octanol–water partition coefficient (Wildman–Crippen LogP) is 3.56. The third-order valence-corrected chi connectivity index (χ3v) is 5.19. The first-order valence-corrected chi connectivity index (χ1v) is 9.51. The molecule has 0 aliphatic heterocycles. The fourth-order valence-electron chi connectivity index (χ4n) is 2.28. The number of carbonyl (C=O) groups is 1. The van der Waals surface area contributed by atoms with Crippen LogP contribution >= 0.6 is 11.6 Å². The molecule has 3 rings (SSSR count). The van der Waals surface area contributed by atoms with Crippen LogP contribution in [0.1, 0.15) is 15.9 Å². The number of sulfonamides is 1. The number of H-pyrrole nitrogens is 1. The Hall–Kier alpha value is -2.91. The van der Waals surface area contributed by atoms with Crippen LogP contribution in [-0.2, 0) is 10.0 Å². The summed E-state index contributed by atoms with van der Waals surface area (Å²) < 4.78 is 41.4. The molecule has 0 aliphatic rings. The number of hydrogen-bond acceptors (Lipinski definition) is 4. The minimum atomic E-state index is -4.13. The lowest BCUT2D eigenvalue weighted by Crippen LogP contribution is -2.20. The number of anilines is 2. The molecule has 0 atom stereocenters. The summed E-state index contributed by atoms with van der Waals surface area (Å²) in [6, 6.07) is 10.2. The van der Waals surface area contributed by atoms with Gasteiger partial charge in [0.15, 0.2) is 5.03 Å². The molecule has 0 fully saturated rings. The van der Waals surface area contributed by atoms with Crippen LogP contribution in [0.5, 0.6) is 0 Å². The number of aryl methyl sites for hydroxylation is 1. The van der Waals surface area contributed by atoms with Crippen molar-refractivity contribution >= 4 is 38.9 Å². The van der Waals surface area contributed by atoms with Crippen molar-refractivity contribution in [2.24, 2.45) is 0 Å². The van der Waals surface area contributed by atoms with Crippen LogP contribution in [0, 0.1) is 12.7 Å². The highest BCUT2D eigenvalue weighted by Crippen LogP contribution is 2.21. The lowest BCUT2D eigenvalue weighted by Gasteiger charge is -2.09. The van der Waals surface area contributed by atoms with E-state index in [1.807, 2.05) is 0 Å². The van der Waals surface area contributed by atoms with Gasteiger partial charge in [-0.2, -0.15) is 13.5 Å². The number of aromatic nitrogens is 2. The molecule has 0 radical (unpaired) electrons. The molecule has 1 amide bonds. The molecule has 140 valence electrons. The first kappa shape index (κ1) is 18.9. The molecule has 7 nitrogen and oxygen atoms in total. The second-order valence-corrected chi connectivity index (χ2v) is 7.72. The number of nitrogens with one attached hydrogen (secondary N) is 3. The van der Waals surface area contributed by atoms with Crippen molar-refractivity contribution in [2.45, 2.75) is 11.9 Å². The summed E-state index contributed by atoms with van der Waals surface area (Å²) in [4.78, 5) is 12.4. The zero-order chi connectivity index (χ0) is 19.6. The van der Waals surface area contributed by atoms with E-state index in [2.05, 4.69) is 20.2 Å². The lowest BCUT2D eigenvalue weighted by atomic mass is 10.2. The van der Waals surface area contributed by atoms with Gasteiger partial charge < -0.3 is 5.32 Å². The second kappa shape index (κ2) is 7.37. The van der Waals surface area contributed by atoms with Crippen LogP contribution < -0.4 is 10.0 Å². The van der Waals surface area contributed by atoms with Gasteiger partial charge in [0, 0.05) is 10.7 Å². The molecule has 0 bridgehead atoms. The van der Waals surface area contributed by atoms with Gasteiger partial charge in [0.25, 0.3) is 15.9 Å². The predicted molar refractivity (Wildman–Crippen MR) is 99.9 cm³/mol. The van der Waals surface area contributed by atoms with Gasteiger partial charge in [-0.25, -0.2) is 4.39 Å². The van der Waals surface area contributed by atoms with Gasteiger partial charge in [-0.05, 0) is 48.9 Å². The Kier molecular flexibility index (Phi) is 5.15. The van der Waals surface area contributed by atoms with Crippen molar-refractivity contribution in [2.75, 3.05) is 10.0 Å². The summed E-state index contributed by atoms with van der Waals surface area (Å²) in [7, 11) is -4.13. The summed E-state index contributed by atoms with van der Waals surface area (Å²) in [5.41, 5.74) is 0.617. The Morgan fingerprint density at radius 3 is 2.56 bits per heavy atom. The highest BCUT2D eigenvalue weighted by atomic mass is 35.5. The van der Waals surface area contributed by atoms with Crippen molar-refractivity contribution < 1.29 is 17.6 Å². The summed E-state index contributed by atoms with van der Waals surface area (Å²) in [6.07, 6.45) is 1.05. The molecule has 10 heteroatoms. The Morgan fingerprint density at radius 2 is 1.89 bits per heavy atom. The maximum absolute atomic E-state index is 13.9. The number of benzene rings is 2. The largest absolute Gasteiger partial charge is 0.319 e. The maximum Gasteiger partial charge on any atom is 0.279 e. The standard InChI is InChI=1S/C17H14ClFN4O3S/c1-10-2-7-15(14(19)8-10)21-16(24)13-9-20-22-17(13)27(25,26)23-12-5-3-11(18)4-6-12/h2-9,23H,1H3,(H,20,22)(H,21,24). The third kappa shape index (κ3) is 4.26. The number of carbonyl (C=O) groups excluding carboxylic acids is 1. The molecule has 3 N–H and O–H groups in total. The molecule has 1 heterocycles. The molecular weight excluding hydrogens is 395 g/mol.